The fraction of sp³-hybridized carbons (Fsp3) is 0.500. The molecule has 0 saturated carbocycles. The van der Waals surface area contributed by atoms with Gasteiger partial charge >= 0.3 is 0 Å². The monoisotopic (exact) mass is 127 g/mol. The summed E-state index contributed by atoms with van der Waals surface area (Å²) in [5, 5.41) is 2.10. The third-order valence-electron chi connectivity index (χ3n) is 0.990. The van der Waals surface area contributed by atoms with Crippen molar-refractivity contribution in [1.82, 2.24) is 4.98 Å². The lowest BCUT2D eigenvalue weighted by Crippen LogP contribution is -1.78. The first kappa shape index (κ1) is 5.76. The molecular weight excluding hydrogens is 118 g/mol. The maximum absolute atomic E-state index is 4.12. The summed E-state index contributed by atoms with van der Waals surface area (Å²) in [5.74, 6) is 0. The Labute approximate surface area is 53.4 Å². The molecule has 1 aromatic heterocycles. The van der Waals surface area contributed by atoms with Crippen LogP contribution in [0.5, 0.6) is 0 Å². The number of aromatic nitrogens is 1. The second-order valence-corrected chi connectivity index (χ2v) is 2.45. The van der Waals surface area contributed by atoms with Crippen LogP contribution in [0.3, 0.4) is 0 Å². The minimum atomic E-state index is 1.13. The van der Waals surface area contributed by atoms with Gasteiger partial charge in [-0.3, -0.25) is 0 Å². The molecule has 1 aromatic rings. The maximum atomic E-state index is 4.12. The van der Waals surface area contributed by atoms with Crippen LogP contribution in [0.1, 0.15) is 19.0 Å². The van der Waals surface area contributed by atoms with E-state index in [1.165, 1.54) is 12.1 Å². The molecule has 0 saturated heterocycles. The Morgan fingerprint density at radius 1 is 1.75 bits per heavy atom. The maximum Gasteiger partial charge on any atom is 0.0794 e. The van der Waals surface area contributed by atoms with Crippen LogP contribution in [-0.2, 0) is 6.42 Å². The van der Waals surface area contributed by atoms with Crippen LogP contribution >= 0.6 is 11.3 Å². The molecule has 0 N–H and O–H groups in total. The van der Waals surface area contributed by atoms with Crippen LogP contribution in [0.2, 0.25) is 0 Å². The highest BCUT2D eigenvalue weighted by molar-refractivity contribution is 7.07. The van der Waals surface area contributed by atoms with E-state index in [9.17, 15) is 0 Å². The lowest BCUT2D eigenvalue weighted by Gasteiger charge is -1.84. The first-order valence-electron chi connectivity index (χ1n) is 2.80. The molecule has 1 nitrogen and oxygen atoms in total. The molecule has 8 heavy (non-hydrogen) atoms. The highest BCUT2D eigenvalue weighted by Crippen LogP contribution is 2.02. The van der Waals surface area contributed by atoms with Crippen molar-refractivity contribution in [3.63, 3.8) is 0 Å². The van der Waals surface area contributed by atoms with E-state index in [0.29, 0.717) is 0 Å². The first-order valence-corrected chi connectivity index (χ1v) is 3.75. The summed E-state index contributed by atoms with van der Waals surface area (Å²) >= 11 is 1.67. The number of hydrogen-bond donors (Lipinski definition) is 0. The highest BCUT2D eigenvalue weighted by Gasteiger charge is 1.88. The van der Waals surface area contributed by atoms with Crippen molar-refractivity contribution in [1.29, 1.82) is 0 Å². The Balaban J connectivity index is 2.50. The van der Waals surface area contributed by atoms with E-state index in [4.69, 9.17) is 0 Å². The van der Waals surface area contributed by atoms with Crippen LogP contribution in [0.15, 0.2) is 10.9 Å². The summed E-state index contributed by atoms with van der Waals surface area (Å²) in [6.45, 7) is 2.17. The summed E-state index contributed by atoms with van der Waals surface area (Å²) in [4.78, 5) is 4.12. The molecule has 0 fully saturated rings. The Bertz CT molecular complexity index is 134. The highest BCUT2D eigenvalue weighted by atomic mass is 32.1. The number of aryl methyl sites for hydroxylation is 1. The summed E-state index contributed by atoms with van der Waals surface area (Å²) < 4.78 is 0. The van der Waals surface area contributed by atoms with E-state index < -0.39 is 0 Å². The van der Waals surface area contributed by atoms with Crippen LogP contribution in [0.25, 0.3) is 0 Å². The van der Waals surface area contributed by atoms with Gasteiger partial charge in [0, 0.05) is 5.38 Å². The lowest BCUT2D eigenvalue weighted by atomic mass is 10.3. The van der Waals surface area contributed by atoms with Gasteiger partial charge in [0.05, 0.1) is 11.2 Å². The van der Waals surface area contributed by atoms with Crippen LogP contribution in [0.4, 0.5) is 0 Å². The van der Waals surface area contributed by atoms with E-state index in [1.807, 2.05) is 5.51 Å². The van der Waals surface area contributed by atoms with Gasteiger partial charge in [0.2, 0.25) is 0 Å². The largest absolute Gasteiger partial charge is 0.250 e. The Hall–Kier alpha value is -0.370. The fourth-order valence-corrected chi connectivity index (χ4v) is 1.21. The third kappa shape index (κ3) is 1.30. The van der Waals surface area contributed by atoms with Gasteiger partial charge in [-0.2, -0.15) is 0 Å². The number of rotatable bonds is 2. The fourth-order valence-electron chi connectivity index (χ4n) is 0.617. The zero-order valence-corrected chi connectivity index (χ0v) is 5.74. The molecule has 0 aromatic carbocycles. The molecule has 44 valence electrons. The average Bonchev–Trinajstić information content (AvgIpc) is 2.19. The van der Waals surface area contributed by atoms with E-state index >= 15 is 0 Å². The van der Waals surface area contributed by atoms with Crippen molar-refractivity contribution in [2.45, 2.75) is 19.8 Å². The predicted molar refractivity (Wildman–Crippen MR) is 36.1 cm³/mol. The molecular formula is C6H9NS. The van der Waals surface area contributed by atoms with Gasteiger partial charge in [-0.25, -0.2) is 4.98 Å². The predicted octanol–water partition coefficient (Wildman–Crippen LogP) is 2.10. The molecule has 0 bridgehead atoms. The normalized spacial score (nSPS) is 9.62. The van der Waals surface area contributed by atoms with E-state index in [1.54, 1.807) is 11.3 Å². The molecule has 0 unspecified atom stereocenters. The molecule has 0 aliphatic carbocycles. The number of hydrogen-bond acceptors (Lipinski definition) is 2. The van der Waals surface area contributed by atoms with Gasteiger partial charge in [0.15, 0.2) is 0 Å². The first-order chi connectivity index (χ1) is 3.93. The molecule has 0 aliphatic heterocycles. The summed E-state index contributed by atoms with van der Waals surface area (Å²) in [5.41, 5.74) is 3.11. The summed E-state index contributed by atoms with van der Waals surface area (Å²) in [6.07, 6.45) is 2.33. The Morgan fingerprint density at radius 3 is 3.12 bits per heavy atom. The molecule has 0 spiro atoms. The van der Waals surface area contributed by atoms with Crippen molar-refractivity contribution < 1.29 is 0 Å². The van der Waals surface area contributed by atoms with Gasteiger partial charge in [-0.05, 0) is 6.42 Å². The molecule has 0 aliphatic rings. The van der Waals surface area contributed by atoms with Crippen molar-refractivity contribution >= 4 is 11.3 Å². The summed E-state index contributed by atoms with van der Waals surface area (Å²) in [6, 6.07) is 0. The zero-order valence-electron chi connectivity index (χ0n) is 4.92. The minimum Gasteiger partial charge on any atom is -0.250 e. The Morgan fingerprint density at radius 2 is 2.62 bits per heavy atom. The standard InChI is InChI=1S/C6H9NS/c1-2-3-6-4-8-5-7-6/h4-5H,2-3H2,1H3. The quantitative estimate of drug-likeness (QED) is 0.593. The van der Waals surface area contributed by atoms with Gasteiger partial charge < -0.3 is 0 Å². The van der Waals surface area contributed by atoms with Crippen molar-refractivity contribution in [2.24, 2.45) is 0 Å². The van der Waals surface area contributed by atoms with Gasteiger partial charge in [0.1, 0.15) is 0 Å². The second kappa shape index (κ2) is 2.82. The number of thiazole rings is 1. The average molecular weight is 127 g/mol. The van der Waals surface area contributed by atoms with Gasteiger partial charge in [-0.15, -0.1) is 11.3 Å². The van der Waals surface area contributed by atoms with E-state index in [0.717, 1.165) is 6.42 Å². The topological polar surface area (TPSA) is 12.9 Å². The molecule has 2 heteroatoms. The molecule has 0 atom stereocenters. The second-order valence-electron chi connectivity index (χ2n) is 1.73. The van der Waals surface area contributed by atoms with Gasteiger partial charge in [0.25, 0.3) is 0 Å². The van der Waals surface area contributed by atoms with Crippen molar-refractivity contribution in [3.05, 3.63) is 16.6 Å². The summed E-state index contributed by atoms with van der Waals surface area (Å²) in [7, 11) is 0. The SMILES string of the molecule is CCCc1cscn1. The lowest BCUT2D eigenvalue weighted by molar-refractivity contribution is 0.893. The molecule has 1 rings (SSSR count). The van der Waals surface area contributed by atoms with E-state index in [2.05, 4.69) is 17.3 Å². The molecule has 1 heterocycles. The van der Waals surface area contributed by atoms with Crippen LogP contribution in [0, 0.1) is 0 Å². The zero-order chi connectivity index (χ0) is 5.82. The third-order valence-corrected chi connectivity index (χ3v) is 1.62. The van der Waals surface area contributed by atoms with Gasteiger partial charge in [-0.1, -0.05) is 13.3 Å². The van der Waals surface area contributed by atoms with Crippen LogP contribution in [-0.4, -0.2) is 4.98 Å². The smallest absolute Gasteiger partial charge is 0.0794 e. The van der Waals surface area contributed by atoms with E-state index in [-0.39, 0.29) is 0 Å². The van der Waals surface area contributed by atoms with Crippen LogP contribution < -0.4 is 0 Å². The minimum absolute atomic E-state index is 1.13. The van der Waals surface area contributed by atoms with Crippen molar-refractivity contribution in [3.8, 4) is 0 Å². The molecule has 0 amide bonds. The molecule has 0 radical (unpaired) electrons. The Kier molecular flexibility index (Phi) is 2.03. The number of nitrogens with zero attached hydrogens (tertiary/aromatic N) is 1. The van der Waals surface area contributed by atoms with Crippen molar-refractivity contribution in [2.75, 3.05) is 0 Å².